The molecule has 4 nitrogen and oxygen atoms in total. The summed E-state index contributed by atoms with van der Waals surface area (Å²) in [5, 5.41) is 9.23. The van der Waals surface area contributed by atoms with Gasteiger partial charge < -0.3 is 14.6 Å². The van der Waals surface area contributed by atoms with E-state index in [2.05, 4.69) is 4.90 Å². The Morgan fingerprint density at radius 2 is 2.05 bits per heavy atom. The maximum Gasteiger partial charge on any atom is 0.127 e. The molecule has 20 heavy (non-hydrogen) atoms. The highest BCUT2D eigenvalue weighted by Crippen LogP contribution is 2.29. The molecular formula is C16H25NO3. The fraction of sp³-hybridized carbons (Fsp3) is 0.625. The number of benzene rings is 1. The van der Waals surface area contributed by atoms with Crippen molar-refractivity contribution in [3.63, 3.8) is 0 Å². The van der Waals surface area contributed by atoms with Gasteiger partial charge in [-0.3, -0.25) is 4.90 Å². The van der Waals surface area contributed by atoms with Gasteiger partial charge >= 0.3 is 0 Å². The van der Waals surface area contributed by atoms with Gasteiger partial charge in [0.1, 0.15) is 11.5 Å². The van der Waals surface area contributed by atoms with Crippen molar-refractivity contribution in [3.8, 4) is 11.5 Å². The highest BCUT2D eigenvalue weighted by atomic mass is 16.5. The van der Waals surface area contributed by atoms with Gasteiger partial charge in [0.05, 0.1) is 20.8 Å². The SMILES string of the molecule is COc1ccc(CN(CCO)CC2CCC2)c(OC)c1. The van der Waals surface area contributed by atoms with Crippen molar-refractivity contribution in [2.45, 2.75) is 25.8 Å². The van der Waals surface area contributed by atoms with Crippen LogP contribution < -0.4 is 9.47 Å². The molecule has 0 amide bonds. The Kier molecular flexibility index (Phi) is 5.68. The highest BCUT2D eigenvalue weighted by molar-refractivity contribution is 5.40. The lowest BCUT2D eigenvalue weighted by molar-refractivity contribution is 0.139. The van der Waals surface area contributed by atoms with Crippen LogP contribution in [-0.2, 0) is 6.54 Å². The zero-order chi connectivity index (χ0) is 14.4. The average molecular weight is 279 g/mol. The maximum absolute atomic E-state index is 9.23. The normalized spacial score (nSPS) is 15.2. The largest absolute Gasteiger partial charge is 0.497 e. The van der Waals surface area contributed by atoms with Gasteiger partial charge in [-0.15, -0.1) is 0 Å². The van der Waals surface area contributed by atoms with Gasteiger partial charge in [-0.2, -0.15) is 0 Å². The Hall–Kier alpha value is -1.26. The first-order valence-corrected chi connectivity index (χ1v) is 7.31. The van der Waals surface area contributed by atoms with Crippen LogP contribution in [0, 0.1) is 5.92 Å². The Labute approximate surface area is 121 Å². The summed E-state index contributed by atoms with van der Waals surface area (Å²) in [5.74, 6) is 2.45. The summed E-state index contributed by atoms with van der Waals surface area (Å²) in [6.07, 6.45) is 3.99. The summed E-state index contributed by atoms with van der Waals surface area (Å²) in [7, 11) is 3.34. The second-order valence-corrected chi connectivity index (χ2v) is 5.43. The molecule has 4 heteroatoms. The van der Waals surface area contributed by atoms with E-state index in [-0.39, 0.29) is 6.61 Å². The van der Waals surface area contributed by atoms with Crippen LogP contribution in [0.2, 0.25) is 0 Å². The Morgan fingerprint density at radius 3 is 2.60 bits per heavy atom. The first-order valence-electron chi connectivity index (χ1n) is 7.31. The van der Waals surface area contributed by atoms with Crippen LogP contribution >= 0.6 is 0 Å². The van der Waals surface area contributed by atoms with Crippen LogP contribution in [0.3, 0.4) is 0 Å². The summed E-state index contributed by atoms with van der Waals surface area (Å²) < 4.78 is 10.7. The molecule has 1 aromatic rings. The number of methoxy groups -OCH3 is 2. The standard InChI is InChI=1S/C16H25NO3/c1-19-15-7-6-14(16(10-15)20-2)12-17(8-9-18)11-13-4-3-5-13/h6-7,10,13,18H,3-5,8-9,11-12H2,1-2H3. The van der Waals surface area contributed by atoms with E-state index in [4.69, 9.17) is 9.47 Å². The molecule has 1 aliphatic rings. The first kappa shape index (κ1) is 15.1. The second-order valence-electron chi connectivity index (χ2n) is 5.43. The molecular weight excluding hydrogens is 254 g/mol. The van der Waals surface area contributed by atoms with Crippen molar-refractivity contribution in [1.82, 2.24) is 4.90 Å². The van der Waals surface area contributed by atoms with Crippen molar-refractivity contribution >= 4 is 0 Å². The number of aliphatic hydroxyl groups excluding tert-OH is 1. The molecule has 1 aliphatic carbocycles. The molecule has 1 fully saturated rings. The van der Waals surface area contributed by atoms with E-state index in [0.717, 1.165) is 36.1 Å². The maximum atomic E-state index is 9.23. The van der Waals surface area contributed by atoms with Crippen LogP contribution in [-0.4, -0.2) is 43.9 Å². The van der Waals surface area contributed by atoms with E-state index in [1.165, 1.54) is 19.3 Å². The molecule has 112 valence electrons. The Morgan fingerprint density at radius 1 is 1.25 bits per heavy atom. The van der Waals surface area contributed by atoms with Crippen molar-refractivity contribution in [2.24, 2.45) is 5.92 Å². The van der Waals surface area contributed by atoms with Crippen LogP contribution in [0.5, 0.6) is 11.5 Å². The van der Waals surface area contributed by atoms with Crippen molar-refractivity contribution in [2.75, 3.05) is 33.9 Å². The van der Waals surface area contributed by atoms with Crippen molar-refractivity contribution in [1.29, 1.82) is 0 Å². The van der Waals surface area contributed by atoms with Gasteiger partial charge in [0, 0.05) is 31.3 Å². The molecule has 1 aromatic carbocycles. The van der Waals surface area contributed by atoms with Gasteiger partial charge in [-0.05, 0) is 24.8 Å². The van der Waals surface area contributed by atoms with Crippen LogP contribution in [0.15, 0.2) is 18.2 Å². The lowest BCUT2D eigenvalue weighted by Gasteiger charge is -2.32. The van der Waals surface area contributed by atoms with E-state index in [1.807, 2.05) is 18.2 Å². The van der Waals surface area contributed by atoms with Gasteiger partial charge in [-0.1, -0.05) is 12.5 Å². The molecule has 0 heterocycles. The first-order chi connectivity index (χ1) is 9.76. The average Bonchev–Trinajstić information content (AvgIpc) is 2.43. The minimum Gasteiger partial charge on any atom is -0.497 e. The Balaban J connectivity index is 2.04. The molecule has 0 spiro atoms. The van der Waals surface area contributed by atoms with Gasteiger partial charge in [-0.25, -0.2) is 0 Å². The fourth-order valence-electron chi connectivity index (χ4n) is 2.64. The van der Waals surface area contributed by atoms with Crippen molar-refractivity contribution in [3.05, 3.63) is 23.8 Å². The molecule has 1 N–H and O–H groups in total. The number of nitrogens with zero attached hydrogens (tertiary/aromatic N) is 1. The molecule has 0 radical (unpaired) electrons. The van der Waals surface area contributed by atoms with Crippen LogP contribution in [0.25, 0.3) is 0 Å². The third kappa shape index (κ3) is 3.87. The van der Waals surface area contributed by atoms with Gasteiger partial charge in [0.25, 0.3) is 0 Å². The number of hydrogen-bond donors (Lipinski definition) is 1. The zero-order valence-electron chi connectivity index (χ0n) is 12.5. The van der Waals surface area contributed by atoms with Crippen LogP contribution in [0.4, 0.5) is 0 Å². The zero-order valence-corrected chi connectivity index (χ0v) is 12.5. The molecule has 0 aliphatic heterocycles. The summed E-state index contributed by atoms with van der Waals surface area (Å²) in [6, 6.07) is 5.91. The molecule has 0 aromatic heterocycles. The van der Waals surface area contributed by atoms with E-state index in [1.54, 1.807) is 14.2 Å². The number of ether oxygens (including phenoxy) is 2. The number of rotatable bonds is 8. The third-order valence-electron chi connectivity index (χ3n) is 4.05. The van der Waals surface area contributed by atoms with Gasteiger partial charge in [0.15, 0.2) is 0 Å². The predicted octanol–water partition coefficient (Wildman–Crippen LogP) is 2.30. The van der Waals surface area contributed by atoms with Crippen LogP contribution in [0.1, 0.15) is 24.8 Å². The quantitative estimate of drug-likeness (QED) is 0.793. The summed E-state index contributed by atoms with van der Waals surface area (Å²) in [6.45, 7) is 2.79. The molecule has 1 saturated carbocycles. The minimum absolute atomic E-state index is 0.200. The van der Waals surface area contributed by atoms with Gasteiger partial charge in [0.2, 0.25) is 0 Å². The number of hydrogen-bond acceptors (Lipinski definition) is 4. The second kappa shape index (κ2) is 7.50. The molecule has 0 saturated heterocycles. The molecule has 2 rings (SSSR count). The minimum atomic E-state index is 0.200. The lowest BCUT2D eigenvalue weighted by Crippen LogP contribution is -2.34. The lowest BCUT2D eigenvalue weighted by atomic mass is 9.85. The predicted molar refractivity (Wildman–Crippen MR) is 79.2 cm³/mol. The van der Waals surface area contributed by atoms with E-state index in [9.17, 15) is 5.11 Å². The summed E-state index contributed by atoms with van der Waals surface area (Å²) >= 11 is 0. The molecule has 0 atom stereocenters. The fourth-order valence-corrected chi connectivity index (χ4v) is 2.64. The molecule has 0 unspecified atom stereocenters. The highest BCUT2D eigenvalue weighted by Gasteiger charge is 2.21. The van der Waals surface area contributed by atoms with E-state index in [0.29, 0.717) is 6.54 Å². The monoisotopic (exact) mass is 279 g/mol. The van der Waals surface area contributed by atoms with E-state index >= 15 is 0 Å². The molecule has 0 bridgehead atoms. The van der Waals surface area contributed by atoms with Crippen molar-refractivity contribution < 1.29 is 14.6 Å². The van der Waals surface area contributed by atoms with E-state index < -0.39 is 0 Å². The topological polar surface area (TPSA) is 41.9 Å². The Bertz CT molecular complexity index is 418. The summed E-state index contributed by atoms with van der Waals surface area (Å²) in [4.78, 5) is 2.31. The number of aliphatic hydroxyl groups is 1. The smallest absolute Gasteiger partial charge is 0.127 e. The third-order valence-corrected chi connectivity index (χ3v) is 4.05. The summed E-state index contributed by atoms with van der Waals surface area (Å²) in [5.41, 5.74) is 1.14.